The van der Waals surface area contributed by atoms with Gasteiger partial charge in [0.05, 0.1) is 6.10 Å². The van der Waals surface area contributed by atoms with Crippen molar-refractivity contribution in [2.45, 2.75) is 25.0 Å². The molecule has 1 aliphatic rings. The van der Waals surface area contributed by atoms with Crippen LogP contribution in [0.15, 0.2) is 30.3 Å². The highest BCUT2D eigenvalue weighted by molar-refractivity contribution is 5.21. The highest BCUT2D eigenvalue weighted by Gasteiger charge is 2.22. The van der Waals surface area contributed by atoms with Crippen LogP contribution >= 0.6 is 0 Å². The molecule has 2 unspecified atom stereocenters. The van der Waals surface area contributed by atoms with Gasteiger partial charge in [-0.3, -0.25) is 0 Å². The third-order valence-corrected chi connectivity index (χ3v) is 2.68. The van der Waals surface area contributed by atoms with Crippen molar-refractivity contribution >= 4 is 0 Å². The molecule has 3 heteroatoms. The Kier molecular flexibility index (Phi) is 3.59. The second kappa shape index (κ2) is 5.14. The minimum atomic E-state index is -0.361. The van der Waals surface area contributed by atoms with Gasteiger partial charge in [-0.15, -0.1) is 0 Å². The molecule has 1 aromatic carbocycles. The van der Waals surface area contributed by atoms with Gasteiger partial charge in [-0.05, 0) is 38.1 Å². The molecule has 82 valence electrons. The van der Waals surface area contributed by atoms with E-state index in [1.54, 1.807) is 0 Å². The quantitative estimate of drug-likeness (QED) is 0.765. The van der Waals surface area contributed by atoms with Crippen molar-refractivity contribution in [1.29, 1.82) is 0 Å². The van der Waals surface area contributed by atoms with E-state index in [2.05, 4.69) is 5.32 Å². The van der Waals surface area contributed by atoms with E-state index >= 15 is 0 Å². The summed E-state index contributed by atoms with van der Waals surface area (Å²) in [5.74, 6) is 0.837. The first-order chi connectivity index (χ1) is 7.36. The molecule has 0 radical (unpaired) electrons. The number of para-hydroxylation sites is 1. The first kappa shape index (κ1) is 10.5. The second-order valence-electron chi connectivity index (χ2n) is 3.86. The highest BCUT2D eigenvalue weighted by atomic mass is 16.5. The number of hydrogen-bond donors (Lipinski definition) is 2. The summed E-state index contributed by atoms with van der Waals surface area (Å²) in [6.45, 7) is 1.78. The minimum absolute atomic E-state index is 0.0811. The van der Waals surface area contributed by atoms with Gasteiger partial charge in [0.2, 0.25) is 0 Å². The fourth-order valence-electron chi connectivity index (χ4n) is 1.81. The van der Waals surface area contributed by atoms with Crippen LogP contribution in [0.25, 0.3) is 0 Å². The van der Waals surface area contributed by atoms with Gasteiger partial charge in [0.1, 0.15) is 11.9 Å². The van der Waals surface area contributed by atoms with Gasteiger partial charge in [-0.1, -0.05) is 18.2 Å². The van der Waals surface area contributed by atoms with Crippen LogP contribution in [0.5, 0.6) is 5.75 Å². The smallest absolute Gasteiger partial charge is 0.126 e. The molecule has 15 heavy (non-hydrogen) atoms. The number of nitrogens with one attached hydrogen (secondary N) is 1. The maximum atomic E-state index is 9.85. The monoisotopic (exact) mass is 207 g/mol. The first-order valence-corrected chi connectivity index (χ1v) is 5.47. The van der Waals surface area contributed by atoms with Crippen LogP contribution in [0.1, 0.15) is 12.8 Å². The molecule has 0 spiro atoms. The van der Waals surface area contributed by atoms with Crippen LogP contribution in [-0.4, -0.2) is 30.4 Å². The zero-order valence-electron chi connectivity index (χ0n) is 8.73. The molecule has 1 fully saturated rings. The molecule has 2 rings (SSSR count). The second-order valence-corrected chi connectivity index (χ2v) is 3.86. The first-order valence-electron chi connectivity index (χ1n) is 5.47. The van der Waals surface area contributed by atoms with Crippen molar-refractivity contribution < 1.29 is 9.84 Å². The van der Waals surface area contributed by atoms with Crippen LogP contribution in [0.4, 0.5) is 0 Å². The number of aliphatic hydroxyl groups is 1. The summed E-state index contributed by atoms with van der Waals surface area (Å²) < 4.78 is 5.76. The molecular formula is C12H17NO2. The lowest BCUT2D eigenvalue weighted by Crippen LogP contribution is -2.31. The van der Waals surface area contributed by atoms with Crippen molar-refractivity contribution in [2.75, 3.05) is 13.1 Å². The number of ether oxygens (including phenoxy) is 1. The van der Waals surface area contributed by atoms with Crippen LogP contribution < -0.4 is 10.1 Å². The third kappa shape index (κ3) is 2.94. The number of aliphatic hydroxyl groups excluding tert-OH is 1. The average Bonchev–Trinajstić information content (AvgIpc) is 2.46. The molecular weight excluding hydrogens is 190 g/mol. The van der Waals surface area contributed by atoms with E-state index in [-0.39, 0.29) is 12.2 Å². The van der Waals surface area contributed by atoms with Crippen molar-refractivity contribution in [3.63, 3.8) is 0 Å². The van der Waals surface area contributed by atoms with E-state index in [0.717, 1.165) is 31.7 Å². The Balaban J connectivity index is 1.97. The average molecular weight is 207 g/mol. The van der Waals surface area contributed by atoms with Crippen molar-refractivity contribution in [1.82, 2.24) is 5.32 Å². The van der Waals surface area contributed by atoms with Crippen molar-refractivity contribution in [3.8, 4) is 5.75 Å². The van der Waals surface area contributed by atoms with Gasteiger partial charge in [0.15, 0.2) is 0 Å². The fourth-order valence-corrected chi connectivity index (χ4v) is 1.81. The number of rotatable bonds is 2. The molecule has 1 saturated heterocycles. The SMILES string of the molecule is OC1CCNCCC1Oc1ccccc1. The molecule has 1 aliphatic heterocycles. The molecule has 2 atom stereocenters. The van der Waals surface area contributed by atoms with Gasteiger partial charge >= 0.3 is 0 Å². The van der Waals surface area contributed by atoms with Crippen LogP contribution in [0.3, 0.4) is 0 Å². The predicted octanol–water partition coefficient (Wildman–Crippen LogP) is 1.18. The zero-order chi connectivity index (χ0) is 10.5. The summed E-state index contributed by atoms with van der Waals surface area (Å²) in [7, 11) is 0. The molecule has 1 heterocycles. The van der Waals surface area contributed by atoms with Crippen molar-refractivity contribution in [3.05, 3.63) is 30.3 Å². The maximum absolute atomic E-state index is 9.85. The largest absolute Gasteiger partial charge is 0.488 e. The minimum Gasteiger partial charge on any atom is -0.488 e. The summed E-state index contributed by atoms with van der Waals surface area (Å²) >= 11 is 0. The van der Waals surface area contributed by atoms with Crippen molar-refractivity contribution in [2.24, 2.45) is 0 Å². The van der Waals surface area contributed by atoms with Gasteiger partial charge in [-0.25, -0.2) is 0 Å². The van der Waals surface area contributed by atoms with Crippen LogP contribution in [-0.2, 0) is 0 Å². The van der Waals surface area contributed by atoms with Crippen LogP contribution in [0.2, 0.25) is 0 Å². The molecule has 3 nitrogen and oxygen atoms in total. The van der Waals surface area contributed by atoms with E-state index < -0.39 is 0 Å². The third-order valence-electron chi connectivity index (χ3n) is 2.68. The van der Waals surface area contributed by atoms with E-state index in [1.165, 1.54) is 0 Å². The maximum Gasteiger partial charge on any atom is 0.126 e. The molecule has 0 saturated carbocycles. The van der Waals surface area contributed by atoms with E-state index in [0.29, 0.717) is 0 Å². The summed E-state index contributed by atoms with van der Waals surface area (Å²) in [6, 6.07) is 9.68. The zero-order valence-corrected chi connectivity index (χ0v) is 8.73. The van der Waals surface area contributed by atoms with Crippen LogP contribution in [0, 0.1) is 0 Å². The lowest BCUT2D eigenvalue weighted by molar-refractivity contribution is 0.0350. The highest BCUT2D eigenvalue weighted by Crippen LogP contribution is 2.16. The summed E-state index contributed by atoms with van der Waals surface area (Å²) in [4.78, 5) is 0. The Hall–Kier alpha value is -1.06. The topological polar surface area (TPSA) is 41.5 Å². The predicted molar refractivity (Wildman–Crippen MR) is 59.0 cm³/mol. The van der Waals surface area contributed by atoms with Gasteiger partial charge in [0, 0.05) is 0 Å². The molecule has 0 amide bonds. The Morgan fingerprint density at radius 1 is 1.13 bits per heavy atom. The van der Waals surface area contributed by atoms with E-state index in [4.69, 9.17) is 4.74 Å². The normalized spacial score (nSPS) is 27.0. The molecule has 1 aromatic rings. The molecule has 2 N–H and O–H groups in total. The van der Waals surface area contributed by atoms with Gasteiger partial charge in [0.25, 0.3) is 0 Å². The summed E-state index contributed by atoms with van der Waals surface area (Å²) in [5, 5.41) is 13.1. The number of benzene rings is 1. The van der Waals surface area contributed by atoms with Gasteiger partial charge < -0.3 is 15.2 Å². The Morgan fingerprint density at radius 2 is 1.87 bits per heavy atom. The molecule has 0 aromatic heterocycles. The lowest BCUT2D eigenvalue weighted by atomic mass is 10.1. The Bertz CT molecular complexity index is 289. The molecule has 0 aliphatic carbocycles. The summed E-state index contributed by atoms with van der Waals surface area (Å²) in [5.41, 5.74) is 0. The lowest BCUT2D eigenvalue weighted by Gasteiger charge is -2.21. The molecule has 0 bridgehead atoms. The Labute approximate surface area is 90.1 Å². The fraction of sp³-hybridized carbons (Fsp3) is 0.500. The Morgan fingerprint density at radius 3 is 2.67 bits per heavy atom. The summed E-state index contributed by atoms with van der Waals surface area (Å²) in [6.07, 6.45) is 1.18. The van der Waals surface area contributed by atoms with Gasteiger partial charge in [-0.2, -0.15) is 0 Å². The van der Waals surface area contributed by atoms with E-state index in [9.17, 15) is 5.11 Å². The van der Waals surface area contributed by atoms with E-state index in [1.807, 2.05) is 30.3 Å². The standard InChI is InChI=1S/C12H17NO2/c14-11-6-8-13-9-7-12(11)15-10-4-2-1-3-5-10/h1-5,11-14H,6-9H2. The number of hydrogen-bond acceptors (Lipinski definition) is 3.